The highest BCUT2D eigenvalue weighted by Crippen LogP contribution is 2.40. The van der Waals surface area contributed by atoms with Crippen LogP contribution in [0.3, 0.4) is 0 Å². The van der Waals surface area contributed by atoms with Crippen LogP contribution in [0.4, 0.5) is 5.82 Å². The van der Waals surface area contributed by atoms with Crippen LogP contribution in [-0.4, -0.2) is 21.5 Å². The molecule has 100 valence electrons. The monoisotopic (exact) mass is 256 g/mol. The summed E-state index contributed by atoms with van der Waals surface area (Å²) >= 11 is 0. The molecule has 2 N–H and O–H groups in total. The summed E-state index contributed by atoms with van der Waals surface area (Å²) in [4.78, 5) is 12.7. The van der Waals surface area contributed by atoms with Crippen LogP contribution in [0, 0.1) is 6.92 Å². The Morgan fingerprint density at radius 3 is 2.84 bits per heavy atom. The second-order valence-corrected chi connectivity index (χ2v) is 5.19. The molecule has 0 saturated heterocycles. The van der Waals surface area contributed by atoms with Gasteiger partial charge in [-0.25, -0.2) is 9.97 Å². The van der Waals surface area contributed by atoms with Gasteiger partial charge in [-0.15, -0.1) is 0 Å². The van der Waals surface area contributed by atoms with Crippen molar-refractivity contribution >= 4 is 5.82 Å². The Bertz CT molecular complexity index is 556. The van der Waals surface area contributed by atoms with Crippen molar-refractivity contribution in [2.24, 2.45) is 0 Å². The first-order chi connectivity index (χ1) is 9.29. The number of nitrogens with one attached hydrogen (secondary N) is 2. The summed E-state index contributed by atoms with van der Waals surface area (Å²) in [5.74, 6) is 2.55. The Kier molecular flexibility index (Phi) is 3.23. The number of hydrogen-bond donors (Lipinski definition) is 2. The molecule has 1 aliphatic carbocycles. The molecule has 2 aromatic rings. The van der Waals surface area contributed by atoms with Gasteiger partial charge in [0.25, 0.3) is 0 Å². The molecule has 0 unspecified atom stereocenters. The number of aromatic amines is 1. The molecule has 0 atom stereocenters. The molecule has 1 aliphatic rings. The van der Waals surface area contributed by atoms with Gasteiger partial charge in [-0.1, -0.05) is 6.92 Å². The van der Waals surface area contributed by atoms with E-state index in [1.54, 1.807) is 0 Å². The average Bonchev–Trinajstić information content (AvgIpc) is 3.13. The zero-order chi connectivity index (χ0) is 13.2. The first-order valence-corrected chi connectivity index (χ1v) is 7.05. The summed E-state index contributed by atoms with van der Waals surface area (Å²) in [6.07, 6.45) is 5.48. The summed E-state index contributed by atoms with van der Waals surface area (Å²) in [5.41, 5.74) is 3.22. The van der Waals surface area contributed by atoms with Crippen LogP contribution >= 0.6 is 0 Å². The van der Waals surface area contributed by atoms with Crippen molar-refractivity contribution < 1.29 is 0 Å². The first-order valence-electron chi connectivity index (χ1n) is 7.05. The molecular weight excluding hydrogens is 236 g/mol. The minimum absolute atomic E-state index is 0.566. The van der Waals surface area contributed by atoms with E-state index in [-0.39, 0.29) is 0 Å². The molecule has 0 aliphatic heterocycles. The maximum absolute atomic E-state index is 4.76. The van der Waals surface area contributed by atoms with E-state index < -0.39 is 0 Å². The molecule has 2 aromatic heterocycles. The highest BCUT2D eigenvalue weighted by atomic mass is 15.0. The zero-order valence-electron chi connectivity index (χ0n) is 11.5. The van der Waals surface area contributed by atoms with Crippen LogP contribution < -0.4 is 5.32 Å². The third kappa shape index (κ3) is 2.48. The van der Waals surface area contributed by atoms with Crippen molar-refractivity contribution in [2.75, 3.05) is 11.9 Å². The van der Waals surface area contributed by atoms with Gasteiger partial charge in [-0.05, 0) is 38.3 Å². The molecule has 0 radical (unpaired) electrons. The molecular formula is C15H20N4. The van der Waals surface area contributed by atoms with Crippen molar-refractivity contribution in [3.05, 3.63) is 29.7 Å². The van der Waals surface area contributed by atoms with E-state index in [4.69, 9.17) is 9.97 Å². The number of rotatable bonds is 5. The Labute approximate surface area is 113 Å². The van der Waals surface area contributed by atoms with Gasteiger partial charge in [0.2, 0.25) is 0 Å². The second kappa shape index (κ2) is 5.03. The molecule has 4 nitrogen and oxygen atoms in total. The highest BCUT2D eigenvalue weighted by molar-refractivity contribution is 5.65. The topological polar surface area (TPSA) is 53.6 Å². The van der Waals surface area contributed by atoms with E-state index in [0.29, 0.717) is 5.92 Å². The van der Waals surface area contributed by atoms with Crippen molar-refractivity contribution in [3.63, 3.8) is 0 Å². The molecule has 0 amide bonds. The highest BCUT2D eigenvalue weighted by Gasteiger charge is 2.28. The van der Waals surface area contributed by atoms with Gasteiger partial charge in [0.1, 0.15) is 11.6 Å². The van der Waals surface area contributed by atoms with Gasteiger partial charge in [0, 0.05) is 24.2 Å². The van der Waals surface area contributed by atoms with E-state index >= 15 is 0 Å². The largest absolute Gasteiger partial charge is 0.370 e. The fourth-order valence-corrected chi connectivity index (χ4v) is 2.21. The quantitative estimate of drug-likeness (QED) is 0.861. The average molecular weight is 256 g/mol. The van der Waals surface area contributed by atoms with E-state index in [1.165, 1.54) is 12.8 Å². The van der Waals surface area contributed by atoms with E-state index in [2.05, 4.69) is 30.2 Å². The lowest BCUT2D eigenvalue weighted by Crippen LogP contribution is -2.08. The van der Waals surface area contributed by atoms with Crippen LogP contribution in [0.1, 0.15) is 43.5 Å². The van der Waals surface area contributed by atoms with Crippen LogP contribution in [0.5, 0.6) is 0 Å². The molecule has 4 heteroatoms. The first kappa shape index (κ1) is 12.2. The van der Waals surface area contributed by atoms with Crippen LogP contribution in [-0.2, 0) is 0 Å². The molecule has 0 aromatic carbocycles. The van der Waals surface area contributed by atoms with Crippen molar-refractivity contribution in [1.82, 2.24) is 15.0 Å². The molecule has 2 heterocycles. The standard InChI is InChI=1S/C15H20N4/c1-3-8-17-14-10(2)13(12-5-4-9-16-12)18-15(19-14)11-6-7-11/h4-5,9,11,16H,3,6-8H2,1-2H3,(H,17,18,19). The van der Waals surface area contributed by atoms with Gasteiger partial charge < -0.3 is 10.3 Å². The lowest BCUT2D eigenvalue weighted by molar-refractivity contribution is 0.901. The third-order valence-electron chi connectivity index (χ3n) is 3.50. The van der Waals surface area contributed by atoms with Crippen LogP contribution in [0.2, 0.25) is 0 Å². The number of nitrogens with zero attached hydrogens (tertiary/aromatic N) is 2. The summed E-state index contributed by atoms with van der Waals surface area (Å²) < 4.78 is 0. The maximum Gasteiger partial charge on any atom is 0.134 e. The van der Waals surface area contributed by atoms with Gasteiger partial charge >= 0.3 is 0 Å². The maximum atomic E-state index is 4.76. The van der Waals surface area contributed by atoms with Crippen molar-refractivity contribution in [1.29, 1.82) is 0 Å². The number of anilines is 1. The fraction of sp³-hybridized carbons (Fsp3) is 0.467. The molecule has 1 saturated carbocycles. The van der Waals surface area contributed by atoms with Crippen molar-refractivity contribution in [2.45, 2.75) is 39.0 Å². The lowest BCUT2D eigenvalue weighted by atomic mass is 10.1. The van der Waals surface area contributed by atoms with Gasteiger partial charge in [0.05, 0.1) is 11.4 Å². The van der Waals surface area contributed by atoms with E-state index in [0.717, 1.165) is 41.6 Å². The number of aromatic nitrogens is 3. The molecule has 0 bridgehead atoms. The Morgan fingerprint density at radius 2 is 2.21 bits per heavy atom. The minimum atomic E-state index is 0.566. The van der Waals surface area contributed by atoms with Gasteiger partial charge in [-0.3, -0.25) is 0 Å². The predicted molar refractivity (Wildman–Crippen MR) is 77.3 cm³/mol. The van der Waals surface area contributed by atoms with Gasteiger partial charge in [-0.2, -0.15) is 0 Å². The summed E-state index contributed by atoms with van der Waals surface area (Å²) in [7, 11) is 0. The Balaban J connectivity index is 2.03. The summed E-state index contributed by atoms with van der Waals surface area (Å²) in [6, 6.07) is 4.07. The lowest BCUT2D eigenvalue weighted by Gasteiger charge is -2.13. The number of hydrogen-bond acceptors (Lipinski definition) is 3. The normalized spacial score (nSPS) is 14.6. The summed E-state index contributed by atoms with van der Waals surface area (Å²) in [6.45, 7) is 5.20. The third-order valence-corrected chi connectivity index (χ3v) is 3.50. The van der Waals surface area contributed by atoms with E-state index in [1.807, 2.05) is 12.3 Å². The Hall–Kier alpha value is -1.84. The second-order valence-electron chi connectivity index (χ2n) is 5.19. The van der Waals surface area contributed by atoms with E-state index in [9.17, 15) is 0 Å². The summed E-state index contributed by atoms with van der Waals surface area (Å²) in [5, 5.41) is 3.42. The SMILES string of the molecule is CCCNc1nc(C2CC2)nc(-c2ccc[nH]2)c1C. The molecule has 19 heavy (non-hydrogen) atoms. The fourth-order valence-electron chi connectivity index (χ4n) is 2.21. The van der Waals surface area contributed by atoms with Crippen LogP contribution in [0.15, 0.2) is 18.3 Å². The zero-order valence-corrected chi connectivity index (χ0v) is 11.5. The predicted octanol–water partition coefficient (Wildman–Crippen LogP) is 3.48. The molecule has 3 rings (SSSR count). The smallest absolute Gasteiger partial charge is 0.134 e. The molecule has 0 spiro atoms. The molecule has 1 fully saturated rings. The Morgan fingerprint density at radius 1 is 1.37 bits per heavy atom. The number of H-pyrrole nitrogens is 1. The minimum Gasteiger partial charge on any atom is -0.370 e. The van der Waals surface area contributed by atoms with Crippen LogP contribution in [0.25, 0.3) is 11.4 Å². The van der Waals surface area contributed by atoms with Crippen molar-refractivity contribution in [3.8, 4) is 11.4 Å². The van der Waals surface area contributed by atoms with Gasteiger partial charge in [0.15, 0.2) is 0 Å².